The normalized spacial score (nSPS) is 11.8. The molecule has 0 saturated heterocycles. The highest BCUT2D eigenvalue weighted by molar-refractivity contribution is 6.42. The van der Waals surface area contributed by atoms with E-state index in [9.17, 15) is 4.79 Å². The van der Waals surface area contributed by atoms with Gasteiger partial charge in [0.25, 0.3) is 0 Å². The predicted molar refractivity (Wildman–Crippen MR) is 89.7 cm³/mol. The maximum Gasteiger partial charge on any atom is 0.224 e. The van der Waals surface area contributed by atoms with Gasteiger partial charge in [-0.1, -0.05) is 47.5 Å². The Morgan fingerprint density at radius 3 is 2.59 bits per heavy atom. The summed E-state index contributed by atoms with van der Waals surface area (Å²) < 4.78 is 5.31. The first-order valence-corrected chi connectivity index (χ1v) is 7.63. The summed E-state index contributed by atoms with van der Waals surface area (Å²) >= 11 is 11.8. The number of rotatable bonds is 5. The van der Waals surface area contributed by atoms with Crippen molar-refractivity contribution in [1.82, 2.24) is 5.32 Å². The lowest BCUT2D eigenvalue weighted by molar-refractivity contribution is -0.121. The zero-order valence-corrected chi connectivity index (χ0v) is 13.9. The standard InChI is InChI=1S/C17H17Cl2NO2/c1-11(13-5-3-4-6-16(13)22-2)20-17(21)10-12-7-8-14(18)15(19)9-12/h3-9,11H,10H2,1-2H3,(H,20,21). The van der Waals surface area contributed by atoms with Crippen molar-refractivity contribution in [2.45, 2.75) is 19.4 Å². The van der Waals surface area contributed by atoms with Crippen molar-refractivity contribution in [1.29, 1.82) is 0 Å². The molecule has 0 bridgehead atoms. The fraction of sp³-hybridized carbons (Fsp3) is 0.235. The Morgan fingerprint density at radius 1 is 1.18 bits per heavy atom. The van der Waals surface area contributed by atoms with Gasteiger partial charge >= 0.3 is 0 Å². The summed E-state index contributed by atoms with van der Waals surface area (Å²) in [6.45, 7) is 1.92. The van der Waals surface area contributed by atoms with Crippen LogP contribution in [0.3, 0.4) is 0 Å². The molecule has 0 aromatic heterocycles. The van der Waals surface area contributed by atoms with Crippen LogP contribution >= 0.6 is 23.2 Å². The molecule has 1 atom stereocenters. The number of amides is 1. The number of hydrogen-bond acceptors (Lipinski definition) is 2. The maximum absolute atomic E-state index is 12.2. The second kappa shape index (κ2) is 7.52. The van der Waals surface area contributed by atoms with E-state index in [0.29, 0.717) is 10.0 Å². The summed E-state index contributed by atoms with van der Waals surface area (Å²) in [5.41, 5.74) is 1.76. The third-order valence-electron chi connectivity index (χ3n) is 3.33. The minimum absolute atomic E-state index is 0.0863. The zero-order valence-electron chi connectivity index (χ0n) is 12.4. The van der Waals surface area contributed by atoms with Gasteiger partial charge in [-0.2, -0.15) is 0 Å². The van der Waals surface area contributed by atoms with Gasteiger partial charge in [0.1, 0.15) is 5.75 Å². The maximum atomic E-state index is 12.2. The van der Waals surface area contributed by atoms with Crippen LogP contribution in [0.15, 0.2) is 42.5 Å². The van der Waals surface area contributed by atoms with E-state index >= 15 is 0 Å². The lowest BCUT2D eigenvalue weighted by Crippen LogP contribution is -2.28. The first-order chi connectivity index (χ1) is 10.5. The molecular formula is C17H17Cl2NO2. The Morgan fingerprint density at radius 2 is 1.91 bits per heavy atom. The fourth-order valence-electron chi connectivity index (χ4n) is 2.23. The van der Waals surface area contributed by atoms with E-state index < -0.39 is 0 Å². The van der Waals surface area contributed by atoms with Gasteiger partial charge in [0.05, 0.1) is 29.6 Å². The molecule has 0 saturated carbocycles. The molecule has 22 heavy (non-hydrogen) atoms. The van der Waals surface area contributed by atoms with Crippen LogP contribution in [0.25, 0.3) is 0 Å². The monoisotopic (exact) mass is 337 g/mol. The molecule has 0 heterocycles. The molecule has 2 rings (SSSR count). The Kier molecular flexibility index (Phi) is 5.69. The highest BCUT2D eigenvalue weighted by atomic mass is 35.5. The van der Waals surface area contributed by atoms with Crippen molar-refractivity contribution in [2.75, 3.05) is 7.11 Å². The number of halogens is 2. The molecule has 1 unspecified atom stereocenters. The van der Waals surface area contributed by atoms with Crippen molar-refractivity contribution < 1.29 is 9.53 Å². The summed E-state index contributed by atoms with van der Waals surface area (Å²) in [5.74, 6) is 0.668. The molecule has 0 fully saturated rings. The lowest BCUT2D eigenvalue weighted by atomic mass is 10.1. The highest BCUT2D eigenvalue weighted by Gasteiger charge is 2.14. The number of para-hydroxylation sites is 1. The number of nitrogens with one attached hydrogen (secondary N) is 1. The van der Waals surface area contributed by atoms with Crippen molar-refractivity contribution in [3.63, 3.8) is 0 Å². The summed E-state index contributed by atoms with van der Waals surface area (Å²) in [6, 6.07) is 12.7. The average Bonchev–Trinajstić information content (AvgIpc) is 2.50. The van der Waals surface area contributed by atoms with Crippen LogP contribution in [0.1, 0.15) is 24.1 Å². The molecule has 0 aliphatic carbocycles. The minimum atomic E-state index is -0.147. The van der Waals surface area contributed by atoms with Gasteiger partial charge in [-0.25, -0.2) is 0 Å². The third-order valence-corrected chi connectivity index (χ3v) is 4.07. The Balaban J connectivity index is 2.03. The molecule has 2 aromatic carbocycles. The fourth-order valence-corrected chi connectivity index (χ4v) is 2.55. The Hall–Kier alpha value is -1.71. The molecule has 116 valence electrons. The molecule has 0 aliphatic rings. The molecule has 1 N–H and O–H groups in total. The van der Waals surface area contributed by atoms with E-state index in [1.807, 2.05) is 31.2 Å². The van der Waals surface area contributed by atoms with Crippen molar-refractivity contribution in [3.05, 3.63) is 63.6 Å². The quantitative estimate of drug-likeness (QED) is 0.876. The van der Waals surface area contributed by atoms with Crippen LogP contribution in [0, 0.1) is 0 Å². The van der Waals surface area contributed by atoms with E-state index in [1.54, 1.807) is 25.3 Å². The van der Waals surface area contributed by atoms with E-state index in [2.05, 4.69) is 5.32 Å². The van der Waals surface area contributed by atoms with Crippen molar-refractivity contribution >= 4 is 29.1 Å². The van der Waals surface area contributed by atoms with Crippen LogP contribution < -0.4 is 10.1 Å². The number of carbonyl (C=O) groups is 1. The molecule has 3 nitrogen and oxygen atoms in total. The van der Waals surface area contributed by atoms with Gasteiger partial charge in [-0.15, -0.1) is 0 Å². The van der Waals surface area contributed by atoms with Gasteiger partial charge in [-0.3, -0.25) is 4.79 Å². The molecule has 0 aliphatic heterocycles. The van der Waals surface area contributed by atoms with Crippen LogP contribution in [-0.2, 0) is 11.2 Å². The van der Waals surface area contributed by atoms with Gasteiger partial charge in [0.15, 0.2) is 0 Å². The van der Waals surface area contributed by atoms with Crippen LogP contribution in [0.2, 0.25) is 10.0 Å². The predicted octanol–water partition coefficient (Wildman–Crippen LogP) is 4.42. The highest BCUT2D eigenvalue weighted by Crippen LogP contribution is 2.25. The second-order valence-electron chi connectivity index (χ2n) is 4.96. The van der Waals surface area contributed by atoms with Gasteiger partial charge in [0.2, 0.25) is 5.91 Å². The number of carbonyl (C=O) groups excluding carboxylic acids is 1. The zero-order chi connectivity index (χ0) is 16.1. The van der Waals surface area contributed by atoms with Crippen LogP contribution in [0.5, 0.6) is 5.75 Å². The van der Waals surface area contributed by atoms with Gasteiger partial charge in [0, 0.05) is 5.56 Å². The SMILES string of the molecule is COc1ccccc1C(C)NC(=O)Cc1ccc(Cl)c(Cl)c1. The molecule has 0 radical (unpaired) electrons. The van der Waals surface area contributed by atoms with Gasteiger partial charge < -0.3 is 10.1 Å². The Labute approximate surface area is 140 Å². The number of ether oxygens (including phenoxy) is 1. The topological polar surface area (TPSA) is 38.3 Å². The average molecular weight is 338 g/mol. The molecule has 1 amide bonds. The number of hydrogen-bond donors (Lipinski definition) is 1. The Bertz CT molecular complexity index is 673. The van der Waals surface area contributed by atoms with Crippen molar-refractivity contribution in [2.24, 2.45) is 0 Å². The van der Waals surface area contributed by atoms with E-state index in [4.69, 9.17) is 27.9 Å². The van der Waals surface area contributed by atoms with E-state index in [-0.39, 0.29) is 18.4 Å². The van der Waals surface area contributed by atoms with E-state index in [0.717, 1.165) is 16.9 Å². The number of methoxy groups -OCH3 is 1. The summed E-state index contributed by atoms with van der Waals surface area (Å²) in [6.07, 6.45) is 0.246. The molecule has 5 heteroatoms. The molecule has 0 spiro atoms. The van der Waals surface area contributed by atoms with Crippen LogP contribution in [0.4, 0.5) is 0 Å². The molecule has 2 aromatic rings. The first-order valence-electron chi connectivity index (χ1n) is 6.87. The summed E-state index contributed by atoms with van der Waals surface area (Å²) in [5, 5.41) is 3.89. The second-order valence-corrected chi connectivity index (χ2v) is 5.77. The smallest absolute Gasteiger partial charge is 0.224 e. The summed E-state index contributed by atoms with van der Waals surface area (Å²) in [7, 11) is 1.61. The largest absolute Gasteiger partial charge is 0.496 e. The van der Waals surface area contributed by atoms with Crippen molar-refractivity contribution in [3.8, 4) is 5.75 Å². The van der Waals surface area contributed by atoms with E-state index in [1.165, 1.54) is 0 Å². The lowest BCUT2D eigenvalue weighted by Gasteiger charge is -2.17. The molecular weight excluding hydrogens is 321 g/mol. The first kappa shape index (κ1) is 16.7. The summed E-state index contributed by atoms with van der Waals surface area (Å²) in [4.78, 5) is 12.2. The number of benzene rings is 2. The third kappa shape index (κ3) is 4.15. The van der Waals surface area contributed by atoms with Crippen LogP contribution in [-0.4, -0.2) is 13.0 Å². The minimum Gasteiger partial charge on any atom is -0.496 e. The van der Waals surface area contributed by atoms with Gasteiger partial charge in [-0.05, 0) is 30.7 Å².